The standard InChI is InChI=1S/C5H9BN2O2/c1-4-5(10-6-9)3-8(2)7-4/h3,6,9H,1-2H3. The Bertz CT molecular complexity index is 223. The van der Waals surface area contributed by atoms with E-state index in [1.165, 1.54) is 0 Å². The quantitative estimate of drug-likeness (QED) is 0.556. The monoisotopic (exact) mass is 140 g/mol. The van der Waals surface area contributed by atoms with E-state index in [0.29, 0.717) is 5.75 Å². The fraction of sp³-hybridized carbons (Fsp3) is 0.400. The van der Waals surface area contributed by atoms with Crippen LogP contribution in [0.25, 0.3) is 0 Å². The summed E-state index contributed by atoms with van der Waals surface area (Å²) >= 11 is 0. The zero-order valence-electron chi connectivity index (χ0n) is 6.03. The van der Waals surface area contributed by atoms with E-state index in [4.69, 9.17) is 9.68 Å². The number of nitrogens with zero attached hydrogens (tertiary/aromatic N) is 2. The predicted octanol–water partition coefficient (Wildman–Crippen LogP) is -0.634. The zero-order chi connectivity index (χ0) is 7.56. The van der Waals surface area contributed by atoms with E-state index in [1.54, 1.807) is 17.9 Å². The molecule has 5 heteroatoms. The van der Waals surface area contributed by atoms with E-state index in [0.717, 1.165) is 5.69 Å². The second kappa shape index (κ2) is 2.75. The molecular formula is C5H9BN2O2. The van der Waals surface area contributed by atoms with Crippen LogP contribution in [0.15, 0.2) is 6.20 Å². The lowest BCUT2D eigenvalue weighted by Gasteiger charge is -1.95. The fourth-order valence-corrected chi connectivity index (χ4v) is 0.789. The average Bonchev–Trinajstić information content (AvgIpc) is 2.13. The second-order valence-electron chi connectivity index (χ2n) is 2.03. The third-order valence-electron chi connectivity index (χ3n) is 1.19. The summed E-state index contributed by atoms with van der Waals surface area (Å²) in [5.41, 5.74) is 0.788. The molecule has 0 bridgehead atoms. The third-order valence-corrected chi connectivity index (χ3v) is 1.19. The molecule has 0 aliphatic heterocycles. The molecule has 0 amide bonds. The number of hydrogen-bond acceptors (Lipinski definition) is 3. The normalized spacial score (nSPS) is 9.50. The molecule has 4 nitrogen and oxygen atoms in total. The van der Waals surface area contributed by atoms with Crippen LogP contribution in [0.4, 0.5) is 0 Å². The first-order valence-electron chi connectivity index (χ1n) is 2.98. The van der Waals surface area contributed by atoms with Crippen LogP contribution in [0.2, 0.25) is 0 Å². The highest BCUT2D eigenvalue weighted by Crippen LogP contribution is 2.12. The van der Waals surface area contributed by atoms with Crippen molar-refractivity contribution in [3.63, 3.8) is 0 Å². The van der Waals surface area contributed by atoms with Gasteiger partial charge in [0.15, 0.2) is 0 Å². The number of aryl methyl sites for hydroxylation is 2. The van der Waals surface area contributed by atoms with Gasteiger partial charge in [0.2, 0.25) is 0 Å². The summed E-state index contributed by atoms with van der Waals surface area (Å²) in [6, 6.07) is 0. The molecule has 0 saturated carbocycles. The molecule has 0 atom stereocenters. The Morgan fingerprint density at radius 3 is 2.90 bits per heavy atom. The van der Waals surface area contributed by atoms with Gasteiger partial charge in [-0.15, -0.1) is 0 Å². The van der Waals surface area contributed by atoms with Gasteiger partial charge in [0.25, 0.3) is 0 Å². The van der Waals surface area contributed by atoms with E-state index in [2.05, 4.69) is 5.10 Å². The van der Waals surface area contributed by atoms with Crippen LogP contribution in [0.5, 0.6) is 5.75 Å². The maximum absolute atomic E-state index is 8.39. The molecule has 0 unspecified atom stereocenters. The van der Waals surface area contributed by atoms with Gasteiger partial charge in [-0.1, -0.05) is 0 Å². The highest BCUT2D eigenvalue weighted by atomic mass is 16.5. The Kier molecular flexibility index (Phi) is 1.96. The summed E-state index contributed by atoms with van der Waals surface area (Å²) in [6.45, 7) is 1.82. The van der Waals surface area contributed by atoms with Crippen molar-refractivity contribution in [2.24, 2.45) is 7.05 Å². The molecule has 0 radical (unpaired) electrons. The smallest absolute Gasteiger partial charge is 0.504 e. The highest BCUT2D eigenvalue weighted by Gasteiger charge is 2.01. The summed E-state index contributed by atoms with van der Waals surface area (Å²) < 4.78 is 6.47. The lowest BCUT2D eigenvalue weighted by molar-refractivity contribution is 0.451. The largest absolute Gasteiger partial charge is 0.536 e. The first-order chi connectivity index (χ1) is 4.74. The topological polar surface area (TPSA) is 47.3 Å². The van der Waals surface area contributed by atoms with Crippen molar-refractivity contribution >= 4 is 7.69 Å². The Labute approximate surface area is 59.7 Å². The molecule has 0 spiro atoms. The van der Waals surface area contributed by atoms with Crippen molar-refractivity contribution in [1.29, 1.82) is 0 Å². The van der Waals surface area contributed by atoms with E-state index in [-0.39, 0.29) is 7.69 Å². The number of rotatable bonds is 2. The Morgan fingerprint density at radius 2 is 2.50 bits per heavy atom. The second-order valence-corrected chi connectivity index (χ2v) is 2.03. The van der Waals surface area contributed by atoms with Gasteiger partial charge in [0.1, 0.15) is 5.75 Å². The van der Waals surface area contributed by atoms with Crippen LogP contribution >= 0.6 is 0 Å². The van der Waals surface area contributed by atoms with Crippen LogP contribution < -0.4 is 4.65 Å². The van der Waals surface area contributed by atoms with Crippen LogP contribution in [-0.2, 0) is 7.05 Å². The zero-order valence-corrected chi connectivity index (χ0v) is 6.03. The summed E-state index contributed by atoms with van der Waals surface area (Å²) in [5, 5.41) is 12.4. The van der Waals surface area contributed by atoms with Crippen LogP contribution in [0, 0.1) is 6.92 Å². The predicted molar refractivity (Wildman–Crippen MR) is 37.9 cm³/mol. The Morgan fingerprint density at radius 1 is 1.80 bits per heavy atom. The molecule has 1 heterocycles. The summed E-state index contributed by atoms with van der Waals surface area (Å²) in [6.07, 6.45) is 1.71. The summed E-state index contributed by atoms with van der Waals surface area (Å²) in [7, 11) is 1.50. The third kappa shape index (κ3) is 1.30. The molecule has 0 aliphatic carbocycles. The summed E-state index contributed by atoms with van der Waals surface area (Å²) in [4.78, 5) is 0. The molecule has 10 heavy (non-hydrogen) atoms. The van der Waals surface area contributed by atoms with E-state index < -0.39 is 0 Å². The lowest BCUT2D eigenvalue weighted by Crippen LogP contribution is -1.99. The molecule has 1 N–H and O–H groups in total. The van der Waals surface area contributed by atoms with Gasteiger partial charge in [0.05, 0.1) is 11.9 Å². The van der Waals surface area contributed by atoms with Crippen molar-refractivity contribution in [3.8, 4) is 5.75 Å². The van der Waals surface area contributed by atoms with Gasteiger partial charge in [-0.25, -0.2) is 0 Å². The van der Waals surface area contributed by atoms with Gasteiger partial charge in [-0.3, -0.25) is 4.68 Å². The maximum atomic E-state index is 8.39. The number of aromatic nitrogens is 2. The minimum Gasteiger partial charge on any atom is -0.536 e. The van der Waals surface area contributed by atoms with Gasteiger partial charge >= 0.3 is 7.69 Å². The fourth-order valence-electron chi connectivity index (χ4n) is 0.789. The van der Waals surface area contributed by atoms with Crippen LogP contribution in [0.1, 0.15) is 5.69 Å². The first kappa shape index (κ1) is 7.15. The maximum Gasteiger partial charge on any atom is 0.504 e. The van der Waals surface area contributed by atoms with E-state index >= 15 is 0 Å². The number of hydrogen-bond donors (Lipinski definition) is 1. The molecular weight excluding hydrogens is 131 g/mol. The Hall–Kier alpha value is -0.965. The van der Waals surface area contributed by atoms with Gasteiger partial charge in [-0.05, 0) is 6.92 Å². The average molecular weight is 140 g/mol. The van der Waals surface area contributed by atoms with Crippen LogP contribution in [-0.4, -0.2) is 22.5 Å². The van der Waals surface area contributed by atoms with Crippen LogP contribution in [0.3, 0.4) is 0 Å². The SMILES string of the molecule is Cc1nn(C)cc1OBO. The van der Waals surface area contributed by atoms with Gasteiger partial charge < -0.3 is 9.68 Å². The molecule has 0 aliphatic rings. The van der Waals surface area contributed by atoms with Gasteiger partial charge in [0, 0.05) is 7.05 Å². The summed E-state index contributed by atoms with van der Waals surface area (Å²) in [5.74, 6) is 0.630. The van der Waals surface area contributed by atoms with E-state index in [9.17, 15) is 0 Å². The molecule has 0 aromatic carbocycles. The first-order valence-corrected chi connectivity index (χ1v) is 2.98. The minimum absolute atomic E-state index is 0.299. The molecule has 0 saturated heterocycles. The van der Waals surface area contributed by atoms with Gasteiger partial charge in [-0.2, -0.15) is 5.10 Å². The Balaban J connectivity index is 2.81. The minimum atomic E-state index is -0.299. The molecule has 0 fully saturated rings. The highest BCUT2D eigenvalue weighted by molar-refractivity contribution is 6.17. The molecule has 1 rings (SSSR count). The van der Waals surface area contributed by atoms with Crippen molar-refractivity contribution in [1.82, 2.24) is 9.78 Å². The van der Waals surface area contributed by atoms with Crippen molar-refractivity contribution in [2.75, 3.05) is 0 Å². The molecule has 54 valence electrons. The molecule has 1 aromatic rings. The molecule has 1 aromatic heterocycles. The van der Waals surface area contributed by atoms with E-state index in [1.807, 2.05) is 6.92 Å². The van der Waals surface area contributed by atoms with Crippen molar-refractivity contribution < 1.29 is 9.68 Å². The van der Waals surface area contributed by atoms with Crippen molar-refractivity contribution in [3.05, 3.63) is 11.9 Å². The van der Waals surface area contributed by atoms with Crippen molar-refractivity contribution in [2.45, 2.75) is 6.92 Å². The lowest BCUT2D eigenvalue weighted by atomic mass is 10.4.